The third kappa shape index (κ3) is 5.65. The second-order valence-corrected chi connectivity index (χ2v) is 9.35. The van der Waals surface area contributed by atoms with Crippen molar-refractivity contribution < 1.29 is 9.18 Å². The van der Waals surface area contributed by atoms with Crippen molar-refractivity contribution in [3.05, 3.63) is 60.9 Å². The second-order valence-electron chi connectivity index (χ2n) is 9.35. The minimum Gasteiger partial charge on any atom is -0.367 e. The lowest BCUT2D eigenvalue weighted by Crippen LogP contribution is -2.39. The molecule has 3 aromatic rings. The van der Waals surface area contributed by atoms with E-state index in [0.29, 0.717) is 11.6 Å². The number of carbonyl (C=O) groups excluding carboxylic acids is 1. The molecule has 0 saturated heterocycles. The fourth-order valence-electron chi connectivity index (χ4n) is 4.68. The van der Waals surface area contributed by atoms with Crippen LogP contribution >= 0.6 is 0 Å². The first-order chi connectivity index (χ1) is 16.4. The van der Waals surface area contributed by atoms with Gasteiger partial charge in [0.05, 0.1) is 5.52 Å². The van der Waals surface area contributed by atoms with Gasteiger partial charge in [0, 0.05) is 29.6 Å². The lowest BCUT2D eigenvalue weighted by molar-refractivity contribution is -0.117. The number of nitrogens with zero attached hydrogens (tertiary/aromatic N) is 3. The summed E-state index contributed by atoms with van der Waals surface area (Å²) in [5.41, 5.74) is 2.27. The third-order valence-corrected chi connectivity index (χ3v) is 6.50. The van der Waals surface area contributed by atoms with E-state index in [2.05, 4.69) is 40.9 Å². The molecule has 1 saturated carbocycles. The Bertz CT molecular complexity index is 1150. The SMILES string of the molecule is C=CC(=O)N[C@H]1CC[C@@H](Nc2c3ccc(-c4ccccc4F)cc3nn2CCCN(C)C)CC1. The van der Waals surface area contributed by atoms with E-state index in [-0.39, 0.29) is 17.8 Å². The first kappa shape index (κ1) is 24.0. The molecule has 2 N–H and O–H groups in total. The Balaban J connectivity index is 1.56. The highest BCUT2D eigenvalue weighted by Gasteiger charge is 2.24. The molecule has 0 unspecified atom stereocenters. The number of carbonyl (C=O) groups is 1. The van der Waals surface area contributed by atoms with Crippen molar-refractivity contribution in [3.8, 4) is 11.1 Å². The van der Waals surface area contributed by atoms with E-state index >= 15 is 0 Å². The van der Waals surface area contributed by atoms with E-state index in [0.717, 1.165) is 67.5 Å². The van der Waals surface area contributed by atoms with Crippen LogP contribution in [-0.2, 0) is 11.3 Å². The number of anilines is 1. The van der Waals surface area contributed by atoms with Crippen LogP contribution in [-0.4, -0.2) is 53.3 Å². The molecule has 0 spiro atoms. The van der Waals surface area contributed by atoms with Crippen molar-refractivity contribution >= 4 is 22.6 Å². The minimum atomic E-state index is -0.231. The molecule has 1 heterocycles. The highest BCUT2D eigenvalue weighted by Crippen LogP contribution is 2.32. The van der Waals surface area contributed by atoms with Crippen LogP contribution in [0.5, 0.6) is 0 Å². The Labute approximate surface area is 200 Å². The number of benzene rings is 2. The molecule has 7 heteroatoms. The van der Waals surface area contributed by atoms with Crippen LogP contribution in [0.25, 0.3) is 22.0 Å². The molecule has 1 amide bonds. The third-order valence-electron chi connectivity index (χ3n) is 6.50. The number of hydrogen-bond acceptors (Lipinski definition) is 4. The Morgan fingerprint density at radius 1 is 1.18 bits per heavy atom. The summed E-state index contributed by atoms with van der Waals surface area (Å²) in [5, 5.41) is 12.7. The predicted molar refractivity (Wildman–Crippen MR) is 136 cm³/mol. The lowest BCUT2D eigenvalue weighted by Gasteiger charge is -2.30. The van der Waals surface area contributed by atoms with Crippen molar-refractivity contribution in [2.45, 2.75) is 50.7 Å². The van der Waals surface area contributed by atoms with Crippen LogP contribution in [0.4, 0.5) is 10.2 Å². The van der Waals surface area contributed by atoms with Crippen molar-refractivity contribution in [1.82, 2.24) is 20.0 Å². The smallest absolute Gasteiger partial charge is 0.243 e. The van der Waals surface area contributed by atoms with Crippen molar-refractivity contribution in [3.63, 3.8) is 0 Å². The summed E-state index contributed by atoms with van der Waals surface area (Å²) in [6.45, 7) is 5.31. The Morgan fingerprint density at radius 3 is 2.62 bits per heavy atom. The maximum Gasteiger partial charge on any atom is 0.243 e. The van der Waals surface area contributed by atoms with E-state index < -0.39 is 0 Å². The maximum atomic E-state index is 14.4. The van der Waals surface area contributed by atoms with Gasteiger partial charge in [-0.25, -0.2) is 9.07 Å². The molecule has 0 atom stereocenters. The summed E-state index contributed by atoms with van der Waals surface area (Å²) < 4.78 is 16.4. The number of rotatable bonds is 9. The normalized spacial score (nSPS) is 18.2. The second kappa shape index (κ2) is 10.8. The molecular weight excluding hydrogens is 429 g/mol. The minimum absolute atomic E-state index is 0.105. The van der Waals surface area contributed by atoms with Gasteiger partial charge in [-0.1, -0.05) is 30.8 Å². The average Bonchev–Trinajstić information content (AvgIpc) is 3.16. The standard InChI is InChI=1S/C27H34FN5O/c1-4-26(34)29-20-11-13-21(14-12-20)30-27-23-15-10-19(22-8-5-6-9-24(22)28)18-25(23)31-33(27)17-7-16-32(2)3/h4-6,8-10,15,18,20-21,30H,1,7,11-14,16-17H2,2-3H3,(H,29,34)/t20-,21+. The van der Waals surface area contributed by atoms with Gasteiger partial charge in [-0.15, -0.1) is 0 Å². The quantitative estimate of drug-likeness (QED) is 0.447. The van der Waals surface area contributed by atoms with E-state index in [4.69, 9.17) is 5.10 Å². The molecular formula is C27H34FN5O. The summed E-state index contributed by atoms with van der Waals surface area (Å²) in [6.07, 6.45) is 6.12. The summed E-state index contributed by atoms with van der Waals surface area (Å²) in [4.78, 5) is 13.8. The highest BCUT2D eigenvalue weighted by atomic mass is 19.1. The predicted octanol–water partition coefficient (Wildman–Crippen LogP) is 4.82. The molecule has 0 aliphatic heterocycles. The first-order valence-electron chi connectivity index (χ1n) is 12.0. The highest BCUT2D eigenvalue weighted by molar-refractivity contribution is 5.93. The Morgan fingerprint density at radius 2 is 1.91 bits per heavy atom. The summed E-state index contributed by atoms with van der Waals surface area (Å²) in [7, 11) is 4.14. The summed E-state index contributed by atoms with van der Waals surface area (Å²) in [6, 6.07) is 13.4. The number of halogens is 1. The van der Waals surface area contributed by atoms with Gasteiger partial charge < -0.3 is 15.5 Å². The van der Waals surface area contributed by atoms with Crippen LogP contribution in [0.15, 0.2) is 55.1 Å². The van der Waals surface area contributed by atoms with Gasteiger partial charge in [-0.2, -0.15) is 5.10 Å². The molecule has 1 aromatic heterocycles. The molecule has 1 aliphatic rings. The first-order valence-corrected chi connectivity index (χ1v) is 12.0. The van der Waals surface area contributed by atoms with Crippen LogP contribution in [0.1, 0.15) is 32.1 Å². The maximum absolute atomic E-state index is 14.4. The van der Waals surface area contributed by atoms with Gasteiger partial charge in [0.1, 0.15) is 11.6 Å². The van der Waals surface area contributed by atoms with Gasteiger partial charge in [0.25, 0.3) is 0 Å². The van der Waals surface area contributed by atoms with Crippen molar-refractivity contribution in [2.75, 3.05) is 26.0 Å². The molecule has 0 radical (unpaired) electrons. The van der Waals surface area contributed by atoms with Crippen molar-refractivity contribution in [1.29, 1.82) is 0 Å². The summed E-state index contributed by atoms with van der Waals surface area (Å²) in [5.74, 6) is 0.686. The average molecular weight is 464 g/mol. The largest absolute Gasteiger partial charge is 0.367 e. The molecule has 34 heavy (non-hydrogen) atoms. The van der Waals surface area contributed by atoms with Crippen LogP contribution in [0, 0.1) is 5.82 Å². The molecule has 0 bridgehead atoms. The monoisotopic (exact) mass is 463 g/mol. The number of aryl methyl sites for hydroxylation is 1. The lowest BCUT2D eigenvalue weighted by atomic mass is 9.91. The fourth-order valence-corrected chi connectivity index (χ4v) is 4.68. The van der Waals surface area contributed by atoms with Crippen LogP contribution in [0.2, 0.25) is 0 Å². The Kier molecular flexibility index (Phi) is 7.63. The van der Waals surface area contributed by atoms with E-state index in [1.54, 1.807) is 12.1 Å². The van der Waals surface area contributed by atoms with Gasteiger partial charge in [-0.05, 0) is 82.6 Å². The van der Waals surface area contributed by atoms with E-state index in [1.165, 1.54) is 12.1 Å². The van der Waals surface area contributed by atoms with Crippen LogP contribution < -0.4 is 10.6 Å². The number of nitrogens with one attached hydrogen (secondary N) is 2. The molecule has 6 nitrogen and oxygen atoms in total. The zero-order valence-electron chi connectivity index (χ0n) is 20.1. The number of aromatic nitrogens is 2. The number of hydrogen-bond donors (Lipinski definition) is 2. The molecule has 4 rings (SSSR count). The molecule has 1 fully saturated rings. The van der Waals surface area contributed by atoms with Gasteiger partial charge in [0.2, 0.25) is 5.91 Å². The zero-order valence-corrected chi connectivity index (χ0v) is 20.1. The molecule has 1 aliphatic carbocycles. The van der Waals surface area contributed by atoms with Gasteiger partial charge in [0.15, 0.2) is 0 Å². The fraction of sp³-hybridized carbons (Fsp3) is 0.407. The molecule has 180 valence electrons. The zero-order chi connectivity index (χ0) is 24.1. The topological polar surface area (TPSA) is 62.2 Å². The van der Waals surface area contributed by atoms with Crippen LogP contribution in [0.3, 0.4) is 0 Å². The molecule has 2 aromatic carbocycles. The van der Waals surface area contributed by atoms with Gasteiger partial charge in [-0.3, -0.25) is 4.79 Å². The van der Waals surface area contributed by atoms with E-state index in [9.17, 15) is 9.18 Å². The van der Waals surface area contributed by atoms with E-state index in [1.807, 2.05) is 24.3 Å². The Hall–Kier alpha value is -3.19. The summed E-state index contributed by atoms with van der Waals surface area (Å²) >= 11 is 0. The van der Waals surface area contributed by atoms with Crippen molar-refractivity contribution in [2.24, 2.45) is 0 Å². The number of fused-ring (bicyclic) bond motifs is 1. The van der Waals surface area contributed by atoms with Gasteiger partial charge >= 0.3 is 0 Å². The number of amides is 1.